The van der Waals surface area contributed by atoms with E-state index < -0.39 is 0 Å². The number of carbonyl (C=O) groups is 2. The highest BCUT2D eigenvalue weighted by atomic mass is 32.2. The molecule has 2 N–H and O–H groups in total. The molecule has 1 aromatic heterocycles. The molecule has 0 fully saturated rings. The van der Waals surface area contributed by atoms with E-state index in [9.17, 15) is 9.59 Å². The first kappa shape index (κ1) is 20.9. The molecule has 0 atom stereocenters. The van der Waals surface area contributed by atoms with E-state index in [0.29, 0.717) is 12.4 Å². The zero-order valence-corrected chi connectivity index (χ0v) is 16.4. The summed E-state index contributed by atoms with van der Waals surface area (Å²) in [5, 5.41) is 13.5. The van der Waals surface area contributed by atoms with Crippen molar-refractivity contribution in [2.75, 3.05) is 25.3 Å². The van der Waals surface area contributed by atoms with Crippen LogP contribution in [0.4, 0.5) is 5.69 Å². The highest BCUT2D eigenvalue weighted by Crippen LogP contribution is 2.24. The van der Waals surface area contributed by atoms with Gasteiger partial charge in [-0.1, -0.05) is 12.1 Å². The minimum absolute atomic E-state index is 0.116. The van der Waals surface area contributed by atoms with Gasteiger partial charge in [0.25, 0.3) is 0 Å². The molecule has 0 aliphatic rings. The minimum atomic E-state index is -0.199. The largest absolute Gasteiger partial charge is 0.385 e. The summed E-state index contributed by atoms with van der Waals surface area (Å²) >= 11 is 1.56. The van der Waals surface area contributed by atoms with Crippen molar-refractivity contribution in [3.05, 3.63) is 36.4 Å². The predicted molar refractivity (Wildman–Crippen MR) is 104 cm³/mol. The maximum Gasteiger partial charge on any atom is 0.224 e. The van der Waals surface area contributed by atoms with Gasteiger partial charge in [-0.2, -0.15) is 0 Å². The van der Waals surface area contributed by atoms with Gasteiger partial charge in [-0.05, 0) is 24.8 Å². The van der Waals surface area contributed by atoms with Gasteiger partial charge in [0.15, 0.2) is 5.82 Å². The van der Waals surface area contributed by atoms with Crippen LogP contribution in [-0.2, 0) is 27.4 Å². The van der Waals surface area contributed by atoms with E-state index in [1.54, 1.807) is 25.2 Å². The van der Waals surface area contributed by atoms with E-state index in [1.165, 1.54) is 0 Å². The van der Waals surface area contributed by atoms with Gasteiger partial charge < -0.3 is 19.9 Å². The Hall–Kier alpha value is -2.39. The van der Waals surface area contributed by atoms with Crippen molar-refractivity contribution in [3.63, 3.8) is 0 Å². The molecule has 146 valence electrons. The van der Waals surface area contributed by atoms with E-state index in [4.69, 9.17) is 4.74 Å². The fourth-order valence-electron chi connectivity index (χ4n) is 2.44. The van der Waals surface area contributed by atoms with Gasteiger partial charge in [-0.25, -0.2) is 0 Å². The van der Waals surface area contributed by atoms with Crippen molar-refractivity contribution in [2.45, 2.75) is 37.2 Å². The quantitative estimate of drug-likeness (QED) is 0.449. The summed E-state index contributed by atoms with van der Waals surface area (Å²) < 4.78 is 6.91. The van der Waals surface area contributed by atoms with Gasteiger partial charge in [-0.3, -0.25) is 9.59 Å². The van der Waals surface area contributed by atoms with Crippen LogP contribution in [0.25, 0.3) is 0 Å². The van der Waals surface area contributed by atoms with Gasteiger partial charge in [0.2, 0.25) is 11.8 Å². The summed E-state index contributed by atoms with van der Waals surface area (Å²) in [5.41, 5.74) is 0.763. The van der Waals surface area contributed by atoms with E-state index in [2.05, 4.69) is 20.8 Å². The normalized spacial score (nSPS) is 10.6. The number of hydrogen-bond donors (Lipinski definition) is 2. The maximum atomic E-state index is 12.1. The second kappa shape index (κ2) is 11.3. The van der Waals surface area contributed by atoms with E-state index in [1.807, 2.05) is 35.1 Å². The monoisotopic (exact) mass is 391 g/mol. The van der Waals surface area contributed by atoms with Crippen molar-refractivity contribution < 1.29 is 14.3 Å². The second-order valence-electron chi connectivity index (χ2n) is 5.81. The Labute approximate surface area is 163 Å². The van der Waals surface area contributed by atoms with Crippen molar-refractivity contribution in [3.8, 4) is 0 Å². The van der Waals surface area contributed by atoms with Crippen LogP contribution in [-0.4, -0.2) is 46.6 Å². The molecule has 2 rings (SSSR count). The van der Waals surface area contributed by atoms with Crippen LogP contribution in [0.3, 0.4) is 0 Å². The number of anilines is 1. The maximum absolute atomic E-state index is 12.1. The number of nitrogens with one attached hydrogen (secondary N) is 2. The van der Waals surface area contributed by atoms with Crippen LogP contribution in [0, 0.1) is 0 Å². The number of ether oxygens (including phenoxy) is 1. The van der Waals surface area contributed by atoms with Crippen LogP contribution < -0.4 is 10.6 Å². The number of rotatable bonds is 11. The second-order valence-corrected chi connectivity index (χ2v) is 6.66. The molecule has 0 radical (unpaired) electrons. The number of carbonyl (C=O) groups excluding carboxylic acids is 2. The standard InChI is InChI=1S/C18H25N5O3S/c1-26-11-5-10-23-13-20-22-16(23)12-19-17(24)8-9-18(25)21-14-6-3-4-7-15(14)27-2/h3-4,6-7,13H,5,8-12H2,1-2H3,(H,19,24)(H,21,25). The number of methoxy groups -OCH3 is 1. The Morgan fingerprint density at radius 1 is 1.22 bits per heavy atom. The molecule has 2 aromatic rings. The summed E-state index contributed by atoms with van der Waals surface area (Å²) in [4.78, 5) is 25.1. The summed E-state index contributed by atoms with van der Waals surface area (Å²) in [6.07, 6.45) is 4.66. The first-order chi connectivity index (χ1) is 13.1. The summed E-state index contributed by atoms with van der Waals surface area (Å²) in [6.45, 7) is 1.66. The van der Waals surface area contributed by atoms with Gasteiger partial charge in [0.05, 0.1) is 12.2 Å². The van der Waals surface area contributed by atoms with Crippen molar-refractivity contribution in [1.29, 1.82) is 0 Å². The van der Waals surface area contributed by atoms with Crippen LogP contribution >= 0.6 is 11.8 Å². The summed E-state index contributed by atoms with van der Waals surface area (Å²) in [7, 11) is 1.66. The molecular formula is C18H25N5O3S. The Balaban J connectivity index is 1.73. The molecule has 0 saturated heterocycles. The lowest BCUT2D eigenvalue weighted by Gasteiger charge is -2.10. The Morgan fingerprint density at radius 3 is 2.78 bits per heavy atom. The Morgan fingerprint density at radius 2 is 2.00 bits per heavy atom. The summed E-state index contributed by atoms with van der Waals surface area (Å²) in [6, 6.07) is 7.57. The number of hydrogen-bond acceptors (Lipinski definition) is 6. The number of amides is 2. The molecule has 0 aliphatic heterocycles. The molecule has 2 amide bonds. The fraction of sp³-hybridized carbons (Fsp3) is 0.444. The molecule has 1 heterocycles. The third kappa shape index (κ3) is 7.03. The van der Waals surface area contributed by atoms with E-state index >= 15 is 0 Å². The average molecular weight is 391 g/mol. The zero-order chi connectivity index (χ0) is 19.5. The van der Waals surface area contributed by atoms with Crippen molar-refractivity contribution in [1.82, 2.24) is 20.1 Å². The third-order valence-electron chi connectivity index (χ3n) is 3.85. The third-order valence-corrected chi connectivity index (χ3v) is 4.64. The minimum Gasteiger partial charge on any atom is -0.385 e. The molecule has 0 spiro atoms. The van der Waals surface area contributed by atoms with Crippen molar-refractivity contribution >= 4 is 29.3 Å². The first-order valence-electron chi connectivity index (χ1n) is 8.69. The smallest absolute Gasteiger partial charge is 0.224 e. The molecule has 1 aromatic carbocycles. The molecule has 9 heteroatoms. The SMILES string of the molecule is COCCCn1cnnc1CNC(=O)CCC(=O)Nc1ccccc1SC. The molecule has 0 unspecified atom stereocenters. The fourth-order valence-corrected chi connectivity index (χ4v) is 2.99. The van der Waals surface area contributed by atoms with Gasteiger partial charge >= 0.3 is 0 Å². The molecule has 27 heavy (non-hydrogen) atoms. The predicted octanol–water partition coefficient (Wildman–Crippen LogP) is 2.07. The lowest BCUT2D eigenvalue weighted by molar-refractivity contribution is -0.124. The lowest BCUT2D eigenvalue weighted by Crippen LogP contribution is -2.26. The highest BCUT2D eigenvalue weighted by molar-refractivity contribution is 7.98. The number of thioether (sulfide) groups is 1. The van der Waals surface area contributed by atoms with Crippen LogP contribution in [0.15, 0.2) is 35.5 Å². The van der Waals surface area contributed by atoms with E-state index in [-0.39, 0.29) is 31.2 Å². The number of aryl methyl sites for hydroxylation is 1. The Bertz CT molecular complexity index is 750. The Kier molecular flexibility index (Phi) is 8.79. The lowest BCUT2D eigenvalue weighted by atomic mass is 10.2. The highest BCUT2D eigenvalue weighted by Gasteiger charge is 2.11. The number of aromatic nitrogens is 3. The molecular weight excluding hydrogens is 366 g/mol. The van der Waals surface area contributed by atoms with Crippen LogP contribution in [0.2, 0.25) is 0 Å². The number of benzene rings is 1. The number of para-hydroxylation sites is 1. The van der Waals surface area contributed by atoms with Crippen LogP contribution in [0.5, 0.6) is 0 Å². The average Bonchev–Trinajstić information content (AvgIpc) is 3.13. The van der Waals surface area contributed by atoms with Crippen molar-refractivity contribution in [2.24, 2.45) is 0 Å². The summed E-state index contributed by atoms with van der Waals surface area (Å²) in [5.74, 6) is 0.293. The topological polar surface area (TPSA) is 98.1 Å². The molecule has 8 nitrogen and oxygen atoms in total. The van der Waals surface area contributed by atoms with E-state index in [0.717, 1.165) is 23.5 Å². The van der Waals surface area contributed by atoms with Gasteiger partial charge in [0, 0.05) is 38.0 Å². The first-order valence-corrected chi connectivity index (χ1v) is 9.91. The number of nitrogens with zero attached hydrogens (tertiary/aromatic N) is 3. The molecule has 0 saturated carbocycles. The zero-order valence-electron chi connectivity index (χ0n) is 15.6. The van der Waals surface area contributed by atoms with Gasteiger partial charge in [0.1, 0.15) is 6.33 Å². The molecule has 0 bridgehead atoms. The molecule has 0 aliphatic carbocycles. The van der Waals surface area contributed by atoms with Crippen LogP contribution in [0.1, 0.15) is 25.1 Å². The van der Waals surface area contributed by atoms with Gasteiger partial charge in [-0.15, -0.1) is 22.0 Å².